The zero-order chi connectivity index (χ0) is 22.2. The molecule has 0 unspecified atom stereocenters. The summed E-state index contributed by atoms with van der Waals surface area (Å²) in [5.41, 5.74) is 4.27. The predicted octanol–water partition coefficient (Wildman–Crippen LogP) is 4.64. The molecule has 5 heteroatoms. The first-order valence-corrected chi connectivity index (χ1v) is 10.4. The number of carbonyl (C=O) groups excluding carboxylic acids is 2. The Bertz CT molecular complexity index is 1120. The number of carbonyl (C=O) groups is 2. The number of anilines is 3. The Labute approximate surface area is 183 Å². The standard InChI is InChI=1S/C26H27N3O2/c1-18-9-13-22(14-10-18)29-24(30)17-26(29,20-11-15-21(16-12-20)28(3)4)25(31)27-23-8-6-5-7-19(23)2/h5-16H,17H2,1-4H3,(H,27,31)/t26-/m1/s1. The Hall–Kier alpha value is -3.60. The summed E-state index contributed by atoms with van der Waals surface area (Å²) in [5, 5.41) is 3.08. The number of nitrogens with zero attached hydrogens (tertiary/aromatic N) is 2. The van der Waals surface area contributed by atoms with Crippen molar-refractivity contribution in [2.24, 2.45) is 0 Å². The first-order valence-electron chi connectivity index (χ1n) is 10.4. The number of para-hydroxylation sites is 1. The molecule has 0 bridgehead atoms. The van der Waals surface area contributed by atoms with Gasteiger partial charge in [-0.3, -0.25) is 14.5 Å². The molecule has 158 valence electrons. The second-order valence-electron chi connectivity index (χ2n) is 8.31. The zero-order valence-corrected chi connectivity index (χ0v) is 18.3. The largest absolute Gasteiger partial charge is 0.378 e. The van der Waals surface area contributed by atoms with Gasteiger partial charge in [0.05, 0.1) is 6.42 Å². The highest BCUT2D eigenvalue weighted by atomic mass is 16.2. The van der Waals surface area contributed by atoms with E-state index in [2.05, 4.69) is 5.32 Å². The van der Waals surface area contributed by atoms with Gasteiger partial charge in [0.25, 0.3) is 5.91 Å². The molecule has 1 N–H and O–H groups in total. The number of aryl methyl sites for hydroxylation is 2. The van der Waals surface area contributed by atoms with Gasteiger partial charge < -0.3 is 10.2 Å². The second kappa shape index (κ2) is 7.91. The van der Waals surface area contributed by atoms with Crippen molar-refractivity contribution in [3.8, 4) is 0 Å². The van der Waals surface area contributed by atoms with Gasteiger partial charge in [0.15, 0.2) is 5.54 Å². The topological polar surface area (TPSA) is 52.7 Å². The van der Waals surface area contributed by atoms with Crippen LogP contribution in [-0.2, 0) is 15.1 Å². The van der Waals surface area contributed by atoms with E-state index in [1.807, 2.05) is 106 Å². The summed E-state index contributed by atoms with van der Waals surface area (Å²) >= 11 is 0. The van der Waals surface area contributed by atoms with Gasteiger partial charge in [-0.2, -0.15) is 0 Å². The second-order valence-corrected chi connectivity index (χ2v) is 8.31. The summed E-state index contributed by atoms with van der Waals surface area (Å²) in [5.74, 6) is -0.278. The van der Waals surface area contributed by atoms with Gasteiger partial charge in [0.1, 0.15) is 0 Å². The molecule has 1 aliphatic heterocycles. The van der Waals surface area contributed by atoms with Gasteiger partial charge in [-0.25, -0.2) is 0 Å². The quantitative estimate of drug-likeness (QED) is 0.620. The van der Waals surface area contributed by atoms with Gasteiger partial charge in [0, 0.05) is 31.2 Å². The molecule has 0 aromatic heterocycles. The molecule has 1 aliphatic rings. The molecule has 1 heterocycles. The van der Waals surface area contributed by atoms with E-state index in [4.69, 9.17) is 0 Å². The van der Waals surface area contributed by atoms with E-state index in [1.54, 1.807) is 4.90 Å². The minimum atomic E-state index is -1.10. The van der Waals surface area contributed by atoms with Crippen LogP contribution in [0.25, 0.3) is 0 Å². The number of hydrogen-bond donors (Lipinski definition) is 1. The molecule has 0 radical (unpaired) electrons. The maximum atomic E-state index is 13.8. The number of rotatable bonds is 5. The lowest BCUT2D eigenvalue weighted by atomic mass is 9.75. The van der Waals surface area contributed by atoms with E-state index in [1.165, 1.54) is 0 Å². The van der Waals surface area contributed by atoms with Crippen molar-refractivity contribution in [1.82, 2.24) is 0 Å². The van der Waals surface area contributed by atoms with E-state index in [9.17, 15) is 9.59 Å². The summed E-state index contributed by atoms with van der Waals surface area (Å²) in [4.78, 5) is 30.2. The van der Waals surface area contributed by atoms with Crippen molar-refractivity contribution in [2.45, 2.75) is 25.8 Å². The SMILES string of the molecule is Cc1ccc(N2C(=O)C[C@]2(C(=O)Nc2ccccc2C)c2ccc(N(C)C)cc2)cc1. The van der Waals surface area contributed by atoms with E-state index in [-0.39, 0.29) is 18.2 Å². The fourth-order valence-corrected chi connectivity index (χ4v) is 4.08. The van der Waals surface area contributed by atoms with Gasteiger partial charge in [0.2, 0.25) is 5.91 Å². The third-order valence-corrected chi connectivity index (χ3v) is 5.96. The van der Waals surface area contributed by atoms with Crippen molar-refractivity contribution in [1.29, 1.82) is 0 Å². The smallest absolute Gasteiger partial charge is 0.255 e. The van der Waals surface area contributed by atoms with Crippen LogP contribution >= 0.6 is 0 Å². The molecule has 5 nitrogen and oxygen atoms in total. The average molecular weight is 414 g/mol. The minimum Gasteiger partial charge on any atom is -0.378 e. The van der Waals surface area contributed by atoms with Crippen LogP contribution in [0.15, 0.2) is 72.8 Å². The fraction of sp³-hybridized carbons (Fsp3) is 0.231. The molecule has 31 heavy (non-hydrogen) atoms. The Morgan fingerprint density at radius 1 is 0.935 bits per heavy atom. The third-order valence-electron chi connectivity index (χ3n) is 5.96. The van der Waals surface area contributed by atoms with Crippen molar-refractivity contribution in [3.05, 3.63) is 89.5 Å². The summed E-state index contributed by atoms with van der Waals surface area (Å²) in [6, 6.07) is 23.2. The summed E-state index contributed by atoms with van der Waals surface area (Å²) in [6.07, 6.45) is 0.125. The lowest BCUT2D eigenvalue weighted by molar-refractivity contribution is -0.137. The summed E-state index contributed by atoms with van der Waals surface area (Å²) < 4.78 is 0. The molecule has 3 aromatic carbocycles. The van der Waals surface area contributed by atoms with Crippen molar-refractivity contribution < 1.29 is 9.59 Å². The minimum absolute atomic E-state index is 0.0690. The van der Waals surface area contributed by atoms with Gasteiger partial charge >= 0.3 is 0 Å². The van der Waals surface area contributed by atoms with Crippen molar-refractivity contribution in [2.75, 3.05) is 29.2 Å². The van der Waals surface area contributed by atoms with Gasteiger partial charge in [-0.1, -0.05) is 48.0 Å². The van der Waals surface area contributed by atoms with Crippen LogP contribution in [0.2, 0.25) is 0 Å². The third kappa shape index (κ3) is 3.56. The number of benzene rings is 3. The molecule has 2 amide bonds. The maximum absolute atomic E-state index is 13.8. The van der Waals surface area contributed by atoms with Crippen LogP contribution in [0.4, 0.5) is 17.1 Å². The normalized spacial score (nSPS) is 17.8. The summed E-state index contributed by atoms with van der Waals surface area (Å²) in [7, 11) is 3.95. The maximum Gasteiger partial charge on any atom is 0.255 e. The van der Waals surface area contributed by atoms with Crippen LogP contribution in [0.3, 0.4) is 0 Å². The molecule has 0 saturated carbocycles. The number of nitrogens with one attached hydrogen (secondary N) is 1. The van der Waals surface area contributed by atoms with Crippen LogP contribution in [-0.4, -0.2) is 25.9 Å². The van der Waals surface area contributed by atoms with E-state index >= 15 is 0 Å². The molecule has 1 saturated heterocycles. The average Bonchev–Trinajstić information content (AvgIpc) is 2.75. The zero-order valence-electron chi connectivity index (χ0n) is 18.3. The highest BCUT2D eigenvalue weighted by Crippen LogP contribution is 2.46. The van der Waals surface area contributed by atoms with Crippen molar-refractivity contribution in [3.63, 3.8) is 0 Å². The summed E-state index contributed by atoms with van der Waals surface area (Å²) in [6.45, 7) is 3.96. The van der Waals surface area contributed by atoms with Crippen LogP contribution < -0.4 is 15.1 Å². The molecule has 4 rings (SSSR count). The van der Waals surface area contributed by atoms with E-state index in [0.29, 0.717) is 0 Å². The first-order chi connectivity index (χ1) is 14.8. The molecule has 3 aromatic rings. The molecule has 1 atom stereocenters. The van der Waals surface area contributed by atoms with Crippen LogP contribution in [0.5, 0.6) is 0 Å². The Morgan fingerprint density at radius 2 is 1.58 bits per heavy atom. The van der Waals surface area contributed by atoms with Gasteiger partial charge in [-0.15, -0.1) is 0 Å². The number of hydrogen-bond acceptors (Lipinski definition) is 3. The van der Waals surface area contributed by atoms with Crippen LogP contribution in [0.1, 0.15) is 23.1 Å². The van der Waals surface area contributed by atoms with Crippen LogP contribution in [0, 0.1) is 13.8 Å². The highest BCUT2D eigenvalue weighted by Gasteiger charge is 2.58. The predicted molar refractivity (Wildman–Crippen MR) is 126 cm³/mol. The molecule has 0 aliphatic carbocycles. The lowest BCUT2D eigenvalue weighted by Gasteiger charge is -2.50. The Morgan fingerprint density at radius 3 is 2.16 bits per heavy atom. The van der Waals surface area contributed by atoms with Gasteiger partial charge in [-0.05, 0) is 55.3 Å². The first kappa shape index (κ1) is 20.7. The van der Waals surface area contributed by atoms with Crippen molar-refractivity contribution >= 4 is 28.9 Å². The van der Waals surface area contributed by atoms with E-state index in [0.717, 1.165) is 33.8 Å². The Kier molecular flexibility index (Phi) is 5.27. The molecule has 0 spiro atoms. The highest BCUT2D eigenvalue weighted by molar-refractivity contribution is 6.17. The Balaban J connectivity index is 1.80. The molecular formula is C26H27N3O2. The molecule has 1 fully saturated rings. The fourth-order valence-electron chi connectivity index (χ4n) is 4.08. The van der Waals surface area contributed by atoms with E-state index < -0.39 is 5.54 Å². The molecular weight excluding hydrogens is 386 g/mol. The number of β-lactam (4-membered cyclic amide) rings is 1. The monoisotopic (exact) mass is 413 g/mol. The number of amides is 2. The lowest BCUT2D eigenvalue weighted by Crippen LogP contribution is -2.67.